The molecule has 0 aliphatic rings. The second-order valence-corrected chi connectivity index (χ2v) is 5.15. The van der Waals surface area contributed by atoms with Crippen LogP contribution in [0.5, 0.6) is 5.75 Å². The van der Waals surface area contributed by atoms with Crippen LogP contribution in [0.2, 0.25) is 0 Å². The van der Waals surface area contributed by atoms with Crippen LogP contribution in [-0.4, -0.2) is 24.5 Å². The minimum atomic E-state index is -2.91. The zero-order valence-corrected chi connectivity index (χ0v) is 16.7. The normalized spacial score (nSPS) is 10.9. The first-order valence-corrected chi connectivity index (χ1v) is 7.70. The van der Waals surface area contributed by atoms with Crippen molar-refractivity contribution in [2.45, 2.75) is 19.7 Å². The summed E-state index contributed by atoms with van der Waals surface area (Å²) in [7, 11) is 1.54. The van der Waals surface area contributed by atoms with Crippen LogP contribution in [0.4, 0.5) is 14.5 Å². The molecule has 0 aliphatic heterocycles. The molecule has 7 nitrogen and oxygen atoms in total. The molecule has 0 amide bonds. The van der Waals surface area contributed by atoms with Crippen LogP contribution in [0, 0.1) is 10.1 Å². The first-order chi connectivity index (χ1) is 12.5. The minimum Gasteiger partial charge on any atom is -0.434 e. The number of benzene rings is 2. The minimum absolute atomic E-state index is 0. The molecule has 0 spiro atoms. The number of nitro benzene ring substituents is 1. The van der Waals surface area contributed by atoms with E-state index < -0.39 is 11.5 Å². The molecule has 10 heteroatoms. The van der Waals surface area contributed by atoms with Gasteiger partial charge in [0.15, 0.2) is 5.96 Å². The number of rotatable bonds is 7. The lowest BCUT2D eigenvalue weighted by Crippen LogP contribution is -2.36. The number of hydrogen-bond donors (Lipinski definition) is 2. The number of aliphatic imine (C=N–C) groups is 1. The Hall–Kier alpha value is -2.50. The molecule has 0 atom stereocenters. The van der Waals surface area contributed by atoms with Crippen LogP contribution < -0.4 is 15.4 Å². The Morgan fingerprint density at radius 3 is 2.26 bits per heavy atom. The number of guanidine groups is 1. The number of hydrogen-bond acceptors (Lipinski definition) is 4. The highest BCUT2D eigenvalue weighted by Gasteiger charge is 2.13. The fraction of sp³-hybridized carbons (Fsp3) is 0.235. The van der Waals surface area contributed by atoms with Crippen LogP contribution in [0.1, 0.15) is 11.1 Å². The van der Waals surface area contributed by atoms with Gasteiger partial charge < -0.3 is 15.4 Å². The monoisotopic (exact) mass is 492 g/mol. The van der Waals surface area contributed by atoms with Crippen molar-refractivity contribution >= 4 is 35.6 Å². The molecule has 0 saturated heterocycles. The van der Waals surface area contributed by atoms with E-state index in [0.29, 0.717) is 17.1 Å². The SMILES string of the molecule is CN=C(NCc1ccccc1OC(F)F)NCc1ccccc1[N+](=O)[O-].I. The topological polar surface area (TPSA) is 88.8 Å². The van der Waals surface area contributed by atoms with E-state index in [1.165, 1.54) is 19.2 Å². The van der Waals surface area contributed by atoms with Crippen LogP contribution in [-0.2, 0) is 13.1 Å². The predicted molar refractivity (Wildman–Crippen MR) is 109 cm³/mol. The Morgan fingerprint density at radius 2 is 1.67 bits per heavy atom. The molecule has 146 valence electrons. The number of ether oxygens (including phenoxy) is 1. The van der Waals surface area contributed by atoms with Gasteiger partial charge in [-0.25, -0.2) is 0 Å². The molecule has 2 aromatic rings. The summed E-state index contributed by atoms with van der Waals surface area (Å²) in [5.41, 5.74) is 1.04. The van der Waals surface area contributed by atoms with Gasteiger partial charge in [-0.15, -0.1) is 24.0 Å². The van der Waals surface area contributed by atoms with Crippen molar-refractivity contribution in [3.63, 3.8) is 0 Å². The molecule has 2 N–H and O–H groups in total. The third-order valence-corrected chi connectivity index (χ3v) is 3.49. The second-order valence-electron chi connectivity index (χ2n) is 5.15. The van der Waals surface area contributed by atoms with Crippen molar-refractivity contribution in [1.29, 1.82) is 0 Å². The fourth-order valence-electron chi connectivity index (χ4n) is 2.28. The van der Waals surface area contributed by atoms with Crippen LogP contribution in [0.25, 0.3) is 0 Å². The Kier molecular flexibility index (Phi) is 9.40. The van der Waals surface area contributed by atoms with Crippen LogP contribution >= 0.6 is 24.0 Å². The summed E-state index contributed by atoms with van der Waals surface area (Å²) in [6.07, 6.45) is 0. The third-order valence-electron chi connectivity index (χ3n) is 3.49. The number of halogens is 3. The van der Waals surface area contributed by atoms with Gasteiger partial charge in [0.2, 0.25) is 0 Å². The summed E-state index contributed by atoms with van der Waals surface area (Å²) in [5.74, 6) is 0.444. The average Bonchev–Trinajstić information content (AvgIpc) is 2.62. The van der Waals surface area contributed by atoms with Gasteiger partial charge in [-0.05, 0) is 6.07 Å². The van der Waals surface area contributed by atoms with Gasteiger partial charge in [-0.3, -0.25) is 15.1 Å². The van der Waals surface area contributed by atoms with Crippen molar-refractivity contribution in [3.05, 3.63) is 69.8 Å². The molecule has 0 aromatic heterocycles. The molecular formula is C17H19F2IN4O3. The second kappa shape index (κ2) is 11.3. The highest BCUT2D eigenvalue weighted by Crippen LogP contribution is 2.20. The molecule has 0 fully saturated rings. The molecule has 0 aliphatic carbocycles. The van der Waals surface area contributed by atoms with Gasteiger partial charge in [0, 0.05) is 37.3 Å². The lowest BCUT2D eigenvalue weighted by molar-refractivity contribution is -0.385. The summed E-state index contributed by atoms with van der Waals surface area (Å²) in [6.45, 7) is -2.53. The van der Waals surface area contributed by atoms with Crippen molar-refractivity contribution < 1.29 is 18.4 Å². The molecule has 2 rings (SSSR count). The molecule has 0 heterocycles. The van der Waals surface area contributed by atoms with E-state index in [9.17, 15) is 18.9 Å². The van der Waals surface area contributed by atoms with Crippen molar-refractivity contribution in [2.75, 3.05) is 7.05 Å². The van der Waals surface area contributed by atoms with Crippen LogP contribution in [0.3, 0.4) is 0 Å². The standard InChI is InChI=1S/C17H18F2N4O3.HI/c1-20-17(21-10-12-6-2-4-8-14(12)23(24)25)22-11-13-7-3-5-9-15(13)26-16(18)19;/h2-9,16H,10-11H2,1H3,(H2,20,21,22);1H. The van der Waals surface area contributed by atoms with E-state index >= 15 is 0 Å². The third kappa shape index (κ3) is 6.96. The van der Waals surface area contributed by atoms with Gasteiger partial charge in [-0.1, -0.05) is 36.4 Å². The maximum absolute atomic E-state index is 12.4. The highest BCUT2D eigenvalue weighted by molar-refractivity contribution is 14.0. The van der Waals surface area contributed by atoms with E-state index in [4.69, 9.17) is 0 Å². The van der Waals surface area contributed by atoms with Gasteiger partial charge in [-0.2, -0.15) is 8.78 Å². The Labute approximate surface area is 172 Å². The maximum Gasteiger partial charge on any atom is 0.387 e. The maximum atomic E-state index is 12.4. The predicted octanol–water partition coefficient (Wildman–Crippen LogP) is 3.68. The summed E-state index contributed by atoms with van der Waals surface area (Å²) in [5, 5.41) is 16.9. The Balaban J connectivity index is 0.00000364. The zero-order chi connectivity index (χ0) is 18.9. The smallest absolute Gasteiger partial charge is 0.387 e. The van der Waals surface area contributed by atoms with Gasteiger partial charge >= 0.3 is 6.61 Å². The summed E-state index contributed by atoms with van der Waals surface area (Å²) < 4.78 is 29.4. The fourth-order valence-corrected chi connectivity index (χ4v) is 2.28. The quantitative estimate of drug-likeness (QED) is 0.203. The molecule has 0 radical (unpaired) electrons. The van der Waals surface area contributed by atoms with Gasteiger partial charge in [0.05, 0.1) is 4.92 Å². The van der Waals surface area contributed by atoms with Crippen molar-refractivity contribution in [2.24, 2.45) is 4.99 Å². The highest BCUT2D eigenvalue weighted by atomic mass is 127. The number of para-hydroxylation sites is 2. The zero-order valence-electron chi connectivity index (χ0n) is 14.4. The Bertz CT molecular complexity index is 790. The first kappa shape index (κ1) is 22.5. The van der Waals surface area contributed by atoms with Gasteiger partial charge in [0.25, 0.3) is 5.69 Å². The van der Waals surface area contributed by atoms with E-state index in [0.717, 1.165) is 0 Å². The molecule has 2 aromatic carbocycles. The summed E-state index contributed by atoms with van der Waals surface area (Å²) >= 11 is 0. The van der Waals surface area contributed by atoms with Crippen LogP contribution in [0.15, 0.2) is 53.5 Å². The van der Waals surface area contributed by atoms with Crippen molar-refractivity contribution in [3.8, 4) is 5.75 Å². The lowest BCUT2D eigenvalue weighted by atomic mass is 10.2. The number of nitrogens with one attached hydrogen (secondary N) is 2. The van der Waals surface area contributed by atoms with E-state index in [2.05, 4.69) is 20.4 Å². The molecular weight excluding hydrogens is 473 g/mol. The number of alkyl halides is 2. The first-order valence-electron chi connectivity index (χ1n) is 7.70. The van der Waals surface area contributed by atoms with E-state index in [1.807, 2.05) is 0 Å². The summed E-state index contributed by atoms with van der Waals surface area (Å²) in [6, 6.07) is 12.8. The molecule has 0 saturated carbocycles. The average molecular weight is 492 g/mol. The number of nitrogens with zero attached hydrogens (tertiary/aromatic N) is 2. The van der Waals surface area contributed by atoms with E-state index in [1.54, 1.807) is 36.4 Å². The largest absolute Gasteiger partial charge is 0.434 e. The lowest BCUT2D eigenvalue weighted by Gasteiger charge is -2.14. The molecule has 0 unspecified atom stereocenters. The van der Waals surface area contributed by atoms with Gasteiger partial charge in [0.1, 0.15) is 5.75 Å². The van der Waals surface area contributed by atoms with E-state index in [-0.39, 0.29) is 48.5 Å². The number of nitro groups is 1. The summed E-state index contributed by atoms with van der Waals surface area (Å²) in [4.78, 5) is 14.6. The van der Waals surface area contributed by atoms with Crippen molar-refractivity contribution in [1.82, 2.24) is 10.6 Å². The Morgan fingerprint density at radius 1 is 1.11 bits per heavy atom. The molecule has 0 bridgehead atoms. The molecule has 27 heavy (non-hydrogen) atoms.